The molecule has 2 unspecified atom stereocenters. The van der Waals surface area contributed by atoms with Crippen LogP contribution < -0.4 is 10.5 Å². The van der Waals surface area contributed by atoms with Gasteiger partial charge in [0.25, 0.3) is 0 Å². The predicted molar refractivity (Wildman–Crippen MR) is 96.5 cm³/mol. The minimum absolute atomic E-state index is 0. The molecule has 2 rings (SSSR count). The number of rotatable bonds is 6. The zero-order chi connectivity index (χ0) is 16.1. The summed E-state index contributed by atoms with van der Waals surface area (Å²) in [5, 5.41) is 0. The Balaban J connectivity index is 0.00000264. The SMILES string of the molecule is CCOc1ccc(C(C)=O)cc1CN1CCC(C)CC1CN.Cl. The summed E-state index contributed by atoms with van der Waals surface area (Å²) in [6, 6.07) is 6.15. The zero-order valence-corrected chi connectivity index (χ0v) is 15.2. The number of ketones is 1. The van der Waals surface area contributed by atoms with E-state index in [1.54, 1.807) is 6.92 Å². The van der Waals surface area contributed by atoms with Crippen LogP contribution in [0.25, 0.3) is 0 Å². The van der Waals surface area contributed by atoms with Crippen LogP contribution in [0.1, 0.15) is 49.5 Å². The van der Waals surface area contributed by atoms with Crippen molar-refractivity contribution in [1.29, 1.82) is 0 Å². The van der Waals surface area contributed by atoms with E-state index in [0.717, 1.165) is 42.3 Å². The van der Waals surface area contributed by atoms with E-state index < -0.39 is 0 Å². The molecule has 1 heterocycles. The Kier molecular flexibility index (Phi) is 8.03. The van der Waals surface area contributed by atoms with Gasteiger partial charge in [-0.15, -0.1) is 12.4 Å². The molecule has 1 fully saturated rings. The largest absolute Gasteiger partial charge is 0.494 e. The monoisotopic (exact) mass is 340 g/mol. The summed E-state index contributed by atoms with van der Waals surface area (Å²) in [5.41, 5.74) is 7.79. The summed E-state index contributed by atoms with van der Waals surface area (Å²) < 4.78 is 5.73. The highest BCUT2D eigenvalue weighted by Gasteiger charge is 2.26. The summed E-state index contributed by atoms with van der Waals surface area (Å²) in [4.78, 5) is 14.1. The third kappa shape index (κ3) is 5.20. The normalized spacial score (nSPS) is 21.6. The summed E-state index contributed by atoms with van der Waals surface area (Å²) in [6.07, 6.45) is 2.35. The maximum absolute atomic E-state index is 11.6. The van der Waals surface area contributed by atoms with Crippen molar-refractivity contribution in [1.82, 2.24) is 4.90 Å². The van der Waals surface area contributed by atoms with E-state index in [4.69, 9.17) is 10.5 Å². The van der Waals surface area contributed by atoms with Gasteiger partial charge in [0.05, 0.1) is 6.61 Å². The first-order valence-electron chi connectivity index (χ1n) is 8.25. The summed E-state index contributed by atoms with van der Waals surface area (Å²) in [7, 11) is 0. The summed E-state index contributed by atoms with van der Waals surface area (Å²) >= 11 is 0. The van der Waals surface area contributed by atoms with E-state index >= 15 is 0 Å². The highest BCUT2D eigenvalue weighted by atomic mass is 35.5. The van der Waals surface area contributed by atoms with Crippen molar-refractivity contribution in [3.05, 3.63) is 29.3 Å². The van der Waals surface area contributed by atoms with Crippen molar-refractivity contribution in [3.63, 3.8) is 0 Å². The van der Waals surface area contributed by atoms with Gasteiger partial charge in [-0.2, -0.15) is 0 Å². The number of halogens is 1. The fourth-order valence-corrected chi connectivity index (χ4v) is 3.19. The average Bonchev–Trinajstić information content (AvgIpc) is 2.50. The number of hydrogen-bond donors (Lipinski definition) is 1. The second-order valence-electron chi connectivity index (χ2n) is 6.30. The first kappa shape index (κ1) is 19.9. The van der Waals surface area contributed by atoms with Gasteiger partial charge in [-0.05, 0) is 57.4 Å². The van der Waals surface area contributed by atoms with E-state index in [1.807, 2.05) is 25.1 Å². The number of likely N-dealkylation sites (tertiary alicyclic amines) is 1. The molecule has 1 saturated heterocycles. The van der Waals surface area contributed by atoms with Gasteiger partial charge in [0.2, 0.25) is 0 Å². The van der Waals surface area contributed by atoms with E-state index in [2.05, 4.69) is 11.8 Å². The first-order chi connectivity index (χ1) is 10.5. The quantitative estimate of drug-likeness (QED) is 0.807. The van der Waals surface area contributed by atoms with Gasteiger partial charge in [-0.25, -0.2) is 0 Å². The van der Waals surface area contributed by atoms with Crippen LogP contribution in [-0.2, 0) is 6.54 Å². The average molecular weight is 341 g/mol. The Bertz CT molecular complexity index is 522. The van der Waals surface area contributed by atoms with Gasteiger partial charge in [0.1, 0.15) is 5.75 Å². The maximum Gasteiger partial charge on any atom is 0.159 e. The molecule has 0 aliphatic carbocycles. The van der Waals surface area contributed by atoms with E-state index in [9.17, 15) is 4.79 Å². The fourth-order valence-electron chi connectivity index (χ4n) is 3.19. The Morgan fingerprint density at radius 2 is 2.17 bits per heavy atom. The lowest BCUT2D eigenvalue weighted by molar-refractivity contribution is 0.101. The van der Waals surface area contributed by atoms with Gasteiger partial charge in [-0.3, -0.25) is 9.69 Å². The summed E-state index contributed by atoms with van der Waals surface area (Å²) in [6.45, 7) is 9.04. The number of hydrogen-bond acceptors (Lipinski definition) is 4. The molecule has 0 bridgehead atoms. The molecule has 0 saturated carbocycles. The van der Waals surface area contributed by atoms with Crippen molar-refractivity contribution >= 4 is 18.2 Å². The Morgan fingerprint density at radius 1 is 1.43 bits per heavy atom. The summed E-state index contributed by atoms with van der Waals surface area (Å²) in [5.74, 6) is 1.70. The number of Topliss-reactive ketones (excluding diaryl/α,β-unsaturated/α-hetero) is 1. The van der Waals surface area contributed by atoms with E-state index in [0.29, 0.717) is 19.2 Å². The van der Waals surface area contributed by atoms with Crippen LogP contribution in [0, 0.1) is 5.92 Å². The maximum atomic E-state index is 11.6. The molecule has 23 heavy (non-hydrogen) atoms. The molecule has 1 aromatic rings. The third-order valence-electron chi connectivity index (χ3n) is 4.51. The highest BCUT2D eigenvalue weighted by Crippen LogP contribution is 2.27. The first-order valence-corrected chi connectivity index (χ1v) is 8.25. The topological polar surface area (TPSA) is 55.6 Å². The standard InChI is InChI=1S/C18H28N2O2.ClH/c1-4-22-18-6-5-15(14(3)21)10-16(18)12-20-8-7-13(2)9-17(20)11-19;/h5-6,10,13,17H,4,7-9,11-12,19H2,1-3H3;1H. The van der Waals surface area contributed by atoms with Crippen molar-refractivity contribution < 1.29 is 9.53 Å². The molecular formula is C18H29ClN2O2. The van der Waals surface area contributed by atoms with Crippen molar-refractivity contribution in [2.24, 2.45) is 11.7 Å². The molecule has 0 radical (unpaired) electrons. The molecule has 0 amide bonds. The number of nitrogens with zero attached hydrogens (tertiary/aromatic N) is 1. The number of nitrogens with two attached hydrogens (primary N) is 1. The van der Waals surface area contributed by atoms with Crippen LogP contribution in [-0.4, -0.2) is 36.4 Å². The number of benzene rings is 1. The van der Waals surface area contributed by atoms with Gasteiger partial charge < -0.3 is 10.5 Å². The predicted octanol–water partition coefficient (Wildman–Crippen LogP) is 3.27. The minimum atomic E-state index is 0. The van der Waals surface area contributed by atoms with Gasteiger partial charge in [-0.1, -0.05) is 6.92 Å². The Morgan fingerprint density at radius 3 is 2.78 bits per heavy atom. The molecule has 0 spiro atoms. The molecule has 0 aromatic heterocycles. The van der Waals surface area contributed by atoms with E-state index in [-0.39, 0.29) is 18.2 Å². The smallest absolute Gasteiger partial charge is 0.159 e. The van der Waals surface area contributed by atoms with Crippen LogP contribution >= 0.6 is 12.4 Å². The molecule has 4 nitrogen and oxygen atoms in total. The molecule has 1 aliphatic heterocycles. The lowest BCUT2D eigenvalue weighted by Crippen LogP contribution is -2.45. The van der Waals surface area contributed by atoms with Crippen molar-refractivity contribution in [3.8, 4) is 5.75 Å². The lowest BCUT2D eigenvalue weighted by atomic mass is 9.92. The van der Waals surface area contributed by atoms with Crippen LogP contribution in [0.3, 0.4) is 0 Å². The van der Waals surface area contributed by atoms with Crippen LogP contribution in [0.2, 0.25) is 0 Å². The van der Waals surface area contributed by atoms with Crippen LogP contribution in [0.15, 0.2) is 18.2 Å². The number of ether oxygens (including phenoxy) is 1. The number of piperidine rings is 1. The molecule has 130 valence electrons. The minimum Gasteiger partial charge on any atom is -0.494 e. The molecule has 1 aromatic carbocycles. The van der Waals surface area contributed by atoms with Gasteiger partial charge in [0, 0.05) is 30.3 Å². The zero-order valence-electron chi connectivity index (χ0n) is 14.4. The Hall–Kier alpha value is -1.10. The van der Waals surface area contributed by atoms with Crippen molar-refractivity contribution in [2.75, 3.05) is 19.7 Å². The van der Waals surface area contributed by atoms with E-state index in [1.165, 1.54) is 6.42 Å². The molecular weight excluding hydrogens is 312 g/mol. The second kappa shape index (κ2) is 9.26. The van der Waals surface area contributed by atoms with Crippen molar-refractivity contribution in [2.45, 2.75) is 46.2 Å². The van der Waals surface area contributed by atoms with Gasteiger partial charge >= 0.3 is 0 Å². The highest BCUT2D eigenvalue weighted by molar-refractivity contribution is 5.94. The molecule has 2 N–H and O–H groups in total. The Labute approximate surface area is 145 Å². The number of carbonyl (C=O) groups excluding carboxylic acids is 1. The third-order valence-corrected chi connectivity index (χ3v) is 4.51. The van der Waals surface area contributed by atoms with Gasteiger partial charge in [0.15, 0.2) is 5.78 Å². The molecule has 2 atom stereocenters. The molecule has 1 aliphatic rings. The lowest BCUT2D eigenvalue weighted by Gasteiger charge is -2.38. The van der Waals surface area contributed by atoms with Crippen LogP contribution in [0.5, 0.6) is 5.75 Å². The van der Waals surface area contributed by atoms with Crippen LogP contribution in [0.4, 0.5) is 0 Å². The second-order valence-corrected chi connectivity index (χ2v) is 6.30. The number of carbonyl (C=O) groups is 1. The molecule has 5 heteroatoms. The fraction of sp³-hybridized carbons (Fsp3) is 0.611.